The van der Waals surface area contributed by atoms with Gasteiger partial charge in [0.1, 0.15) is 0 Å². The maximum atomic E-state index is 12.2. The topological polar surface area (TPSA) is 118 Å². The molecule has 0 spiro atoms. The largest absolute Gasteiger partial charge is 0.355 e. The van der Waals surface area contributed by atoms with Crippen LogP contribution in [0.3, 0.4) is 0 Å². The molecule has 0 bridgehead atoms. The third kappa shape index (κ3) is 4.55. The van der Waals surface area contributed by atoms with Crippen LogP contribution >= 0.6 is 0 Å². The van der Waals surface area contributed by atoms with Crippen molar-refractivity contribution in [3.63, 3.8) is 0 Å². The highest BCUT2D eigenvalue weighted by Gasteiger charge is 2.14. The van der Waals surface area contributed by atoms with E-state index in [0.717, 1.165) is 37.3 Å². The Morgan fingerprint density at radius 1 is 1.04 bits per heavy atom. The summed E-state index contributed by atoms with van der Waals surface area (Å²) in [5.41, 5.74) is 0.996. The van der Waals surface area contributed by atoms with Crippen LogP contribution in [0.2, 0.25) is 0 Å². The zero-order chi connectivity index (χ0) is 18.6. The number of benzene rings is 1. The standard InChI is InChI=1S/C17H21N5O3S/c18-26(24,25)14-6-4-13(5-7-14)12-19-17(23)15-8-9-16(21-20-15)22-10-2-1-3-11-22/h4-9H,1-3,10-12H2,(H,19,23)(H2,18,24,25). The van der Waals surface area contributed by atoms with Crippen molar-refractivity contribution in [3.8, 4) is 0 Å². The molecule has 0 atom stereocenters. The number of hydrogen-bond acceptors (Lipinski definition) is 6. The Morgan fingerprint density at radius 3 is 2.31 bits per heavy atom. The monoisotopic (exact) mass is 375 g/mol. The van der Waals surface area contributed by atoms with Crippen LogP contribution in [0.1, 0.15) is 35.3 Å². The second-order valence-electron chi connectivity index (χ2n) is 6.20. The summed E-state index contributed by atoms with van der Waals surface area (Å²) in [7, 11) is -3.72. The van der Waals surface area contributed by atoms with E-state index in [-0.39, 0.29) is 23.0 Å². The number of nitrogens with one attached hydrogen (secondary N) is 1. The molecule has 0 aliphatic carbocycles. The summed E-state index contributed by atoms with van der Waals surface area (Å²) in [6, 6.07) is 9.49. The molecule has 1 saturated heterocycles. The van der Waals surface area contributed by atoms with E-state index in [1.54, 1.807) is 18.2 Å². The lowest BCUT2D eigenvalue weighted by molar-refractivity contribution is 0.0945. The molecular weight excluding hydrogens is 354 g/mol. The van der Waals surface area contributed by atoms with Crippen molar-refractivity contribution < 1.29 is 13.2 Å². The summed E-state index contributed by atoms with van der Waals surface area (Å²) in [5.74, 6) is 0.457. The minimum atomic E-state index is -3.72. The number of aromatic nitrogens is 2. The van der Waals surface area contributed by atoms with Crippen molar-refractivity contribution in [2.45, 2.75) is 30.7 Å². The Morgan fingerprint density at radius 2 is 1.73 bits per heavy atom. The SMILES string of the molecule is NS(=O)(=O)c1ccc(CNC(=O)c2ccc(N3CCCCC3)nn2)cc1. The fraction of sp³-hybridized carbons (Fsp3) is 0.353. The van der Waals surface area contributed by atoms with Gasteiger partial charge in [-0.2, -0.15) is 0 Å². The number of sulfonamides is 1. The fourth-order valence-electron chi connectivity index (χ4n) is 2.81. The van der Waals surface area contributed by atoms with E-state index in [4.69, 9.17) is 5.14 Å². The number of rotatable bonds is 5. The molecule has 0 radical (unpaired) electrons. The summed E-state index contributed by atoms with van der Waals surface area (Å²) in [6.07, 6.45) is 3.53. The molecule has 1 aromatic heterocycles. The van der Waals surface area contributed by atoms with Gasteiger partial charge in [0.05, 0.1) is 4.90 Å². The highest BCUT2D eigenvalue weighted by Crippen LogP contribution is 2.16. The molecule has 2 aromatic rings. The van der Waals surface area contributed by atoms with Gasteiger partial charge in [-0.3, -0.25) is 4.79 Å². The second kappa shape index (κ2) is 7.79. The first kappa shape index (κ1) is 18.3. The summed E-state index contributed by atoms with van der Waals surface area (Å²) in [6.45, 7) is 2.18. The fourth-order valence-corrected chi connectivity index (χ4v) is 3.32. The number of nitrogens with zero attached hydrogens (tertiary/aromatic N) is 3. The third-order valence-corrected chi connectivity index (χ3v) is 5.20. The Hall–Kier alpha value is -2.52. The maximum absolute atomic E-state index is 12.2. The van der Waals surface area contributed by atoms with Gasteiger partial charge >= 0.3 is 0 Å². The van der Waals surface area contributed by atoms with Gasteiger partial charge in [0.15, 0.2) is 11.5 Å². The lowest BCUT2D eigenvalue weighted by Crippen LogP contribution is -2.31. The Balaban J connectivity index is 1.57. The van der Waals surface area contributed by atoms with E-state index < -0.39 is 10.0 Å². The lowest BCUT2D eigenvalue weighted by atomic mass is 10.1. The molecule has 1 amide bonds. The van der Waals surface area contributed by atoms with Crippen LogP contribution in [0.4, 0.5) is 5.82 Å². The first-order chi connectivity index (χ1) is 12.4. The molecule has 1 aliphatic rings. The van der Waals surface area contributed by atoms with Crippen LogP contribution in [0.25, 0.3) is 0 Å². The minimum absolute atomic E-state index is 0.0340. The maximum Gasteiger partial charge on any atom is 0.272 e. The van der Waals surface area contributed by atoms with Gasteiger partial charge in [-0.1, -0.05) is 12.1 Å². The average molecular weight is 375 g/mol. The number of nitrogens with two attached hydrogens (primary N) is 1. The smallest absolute Gasteiger partial charge is 0.272 e. The lowest BCUT2D eigenvalue weighted by Gasteiger charge is -2.27. The predicted octanol–water partition coefficient (Wildman–Crippen LogP) is 1.04. The zero-order valence-corrected chi connectivity index (χ0v) is 15.1. The number of piperidine rings is 1. The summed E-state index contributed by atoms with van der Waals surface area (Å²) >= 11 is 0. The highest BCUT2D eigenvalue weighted by atomic mass is 32.2. The number of carbonyl (C=O) groups is 1. The van der Waals surface area contributed by atoms with Gasteiger partial charge in [-0.05, 0) is 49.1 Å². The molecule has 1 fully saturated rings. The quantitative estimate of drug-likeness (QED) is 0.806. The zero-order valence-electron chi connectivity index (χ0n) is 14.3. The molecule has 26 heavy (non-hydrogen) atoms. The molecule has 0 saturated carbocycles. The summed E-state index contributed by atoms with van der Waals surface area (Å²) < 4.78 is 22.5. The number of primary sulfonamides is 1. The normalized spacial score (nSPS) is 14.9. The van der Waals surface area contributed by atoms with E-state index >= 15 is 0 Å². The van der Waals surface area contributed by atoms with Crippen LogP contribution in [-0.2, 0) is 16.6 Å². The van der Waals surface area contributed by atoms with Crippen molar-refractivity contribution in [2.75, 3.05) is 18.0 Å². The highest BCUT2D eigenvalue weighted by molar-refractivity contribution is 7.89. The van der Waals surface area contributed by atoms with Gasteiger partial charge in [-0.15, -0.1) is 10.2 Å². The summed E-state index contributed by atoms with van der Waals surface area (Å²) in [5, 5.41) is 16.0. The van der Waals surface area contributed by atoms with Crippen molar-refractivity contribution in [1.82, 2.24) is 15.5 Å². The molecule has 1 aromatic carbocycles. The van der Waals surface area contributed by atoms with E-state index in [1.807, 2.05) is 6.07 Å². The van der Waals surface area contributed by atoms with E-state index in [2.05, 4.69) is 20.4 Å². The molecule has 9 heteroatoms. The van der Waals surface area contributed by atoms with Crippen molar-refractivity contribution in [2.24, 2.45) is 5.14 Å². The van der Waals surface area contributed by atoms with Crippen LogP contribution < -0.4 is 15.4 Å². The Labute approximate surface area is 152 Å². The molecule has 3 rings (SSSR count). The first-order valence-electron chi connectivity index (χ1n) is 8.42. The van der Waals surface area contributed by atoms with Gasteiger partial charge in [0, 0.05) is 19.6 Å². The van der Waals surface area contributed by atoms with Crippen LogP contribution in [-0.4, -0.2) is 37.6 Å². The van der Waals surface area contributed by atoms with Crippen LogP contribution in [0.5, 0.6) is 0 Å². The van der Waals surface area contributed by atoms with E-state index in [9.17, 15) is 13.2 Å². The second-order valence-corrected chi connectivity index (χ2v) is 7.76. The summed E-state index contributed by atoms with van der Waals surface area (Å²) in [4.78, 5) is 14.4. The first-order valence-corrected chi connectivity index (χ1v) is 9.97. The number of carbonyl (C=O) groups excluding carboxylic acids is 1. The molecule has 2 heterocycles. The van der Waals surface area contributed by atoms with Gasteiger partial charge < -0.3 is 10.2 Å². The molecule has 3 N–H and O–H groups in total. The van der Waals surface area contributed by atoms with E-state index in [1.165, 1.54) is 18.6 Å². The minimum Gasteiger partial charge on any atom is -0.355 e. The average Bonchev–Trinajstić information content (AvgIpc) is 2.66. The number of anilines is 1. The predicted molar refractivity (Wildman–Crippen MR) is 97.1 cm³/mol. The van der Waals surface area contributed by atoms with E-state index in [0.29, 0.717) is 0 Å². The molecule has 0 unspecified atom stereocenters. The Kier molecular flexibility index (Phi) is 5.48. The number of amides is 1. The molecule has 1 aliphatic heterocycles. The number of hydrogen-bond donors (Lipinski definition) is 2. The van der Waals surface area contributed by atoms with Gasteiger partial charge in [0.2, 0.25) is 10.0 Å². The van der Waals surface area contributed by atoms with Gasteiger partial charge in [0.25, 0.3) is 5.91 Å². The molecular formula is C17H21N5O3S. The Bertz CT molecular complexity index is 860. The van der Waals surface area contributed by atoms with Crippen LogP contribution in [0.15, 0.2) is 41.3 Å². The molecule has 8 nitrogen and oxygen atoms in total. The van der Waals surface area contributed by atoms with Crippen LogP contribution in [0, 0.1) is 0 Å². The van der Waals surface area contributed by atoms with Crippen molar-refractivity contribution >= 4 is 21.7 Å². The molecule has 138 valence electrons. The van der Waals surface area contributed by atoms with Crippen molar-refractivity contribution in [1.29, 1.82) is 0 Å². The van der Waals surface area contributed by atoms with Crippen molar-refractivity contribution in [3.05, 3.63) is 47.7 Å². The third-order valence-electron chi connectivity index (χ3n) is 4.27. The van der Waals surface area contributed by atoms with Gasteiger partial charge in [-0.25, -0.2) is 13.6 Å².